The average molecular weight is 395 g/mol. The Labute approximate surface area is 157 Å². The molecular formula is C17H16F3N5OS. The van der Waals surface area contributed by atoms with Gasteiger partial charge < -0.3 is 5.32 Å². The number of rotatable bonds is 4. The minimum absolute atomic E-state index is 0.288. The number of nitrogens with one attached hydrogen (secondary N) is 1. The normalized spacial score (nSPS) is 13.0. The Morgan fingerprint density at radius 3 is 2.48 bits per heavy atom. The highest BCUT2D eigenvalue weighted by Crippen LogP contribution is 2.30. The molecule has 0 bridgehead atoms. The van der Waals surface area contributed by atoms with Crippen molar-refractivity contribution in [1.82, 2.24) is 19.6 Å². The fraction of sp³-hybridized carbons (Fsp3) is 0.294. The zero-order valence-electron chi connectivity index (χ0n) is 14.7. The van der Waals surface area contributed by atoms with Gasteiger partial charge in [-0.05, 0) is 51.1 Å². The Morgan fingerprint density at radius 1 is 1.19 bits per heavy atom. The molecule has 10 heteroatoms. The molecule has 0 aliphatic carbocycles. The van der Waals surface area contributed by atoms with Crippen LogP contribution in [0.3, 0.4) is 0 Å². The van der Waals surface area contributed by atoms with E-state index in [1.54, 1.807) is 11.4 Å². The van der Waals surface area contributed by atoms with E-state index in [0.29, 0.717) is 10.9 Å². The SMILES string of the molecule is Cc1cc(C)n2nc(S[C@@H](C)C(=O)Nc3ccc(C(F)(F)F)cc3)nc2n1. The second-order valence-corrected chi connectivity index (χ2v) is 7.28. The van der Waals surface area contributed by atoms with Crippen LogP contribution in [-0.4, -0.2) is 30.7 Å². The Morgan fingerprint density at radius 2 is 1.85 bits per heavy atom. The lowest BCUT2D eigenvalue weighted by Crippen LogP contribution is -2.22. The van der Waals surface area contributed by atoms with Gasteiger partial charge in [0, 0.05) is 17.1 Å². The predicted octanol–water partition coefficient (Wildman–Crippen LogP) is 3.88. The molecule has 6 nitrogen and oxygen atoms in total. The number of hydrogen-bond acceptors (Lipinski definition) is 5. The van der Waals surface area contributed by atoms with Gasteiger partial charge in [0.1, 0.15) is 0 Å². The van der Waals surface area contributed by atoms with Gasteiger partial charge in [-0.15, -0.1) is 5.10 Å². The highest BCUT2D eigenvalue weighted by molar-refractivity contribution is 8.00. The first kappa shape index (κ1) is 19.2. The van der Waals surface area contributed by atoms with E-state index in [0.717, 1.165) is 35.3 Å². The van der Waals surface area contributed by atoms with Crippen LogP contribution < -0.4 is 5.32 Å². The molecule has 0 aliphatic rings. The first-order valence-electron chi connectivity index (χ1n) is 7.99. The molecule has 0 saturated carbocycles. The fourth-order valence-electron chi connectivity index (χ4n) is 2.40. The van der Waals surface area contributed by atoms with Crippen molar-refractivity contribution in [3.05, 3.63) is 47.3 Å². The number of hydrogen-bond donors (Lipinski definition) is 1. The molecule has 0 spiro atoms. The van der Waals surface area contributed by atoms with Crippen molar-refractivity contribution in [2.45, 2.75) is 37.4 Å². The maximum absolute atomic E-state index is 12.6. The number of halogens is 3. The van der Waals surface area contributed by atoms with Gasteiger partial charge in [-0.1, -0.05) is 11.8 Å². The number of amides is 1. The van der Waals surface area contributed by atoms with Gasteiger partial charge in [-0.2, -0.15) is 18.2 Å². The van der Waals surface area contributed by atoms with Crippen molar-refractivity contribution in [1.29, 1.82) is 0 Å². The molecule has 3 rings (SSSR count). The number of aryl methyl sites for hydroxylation is 2. The molecule has 2 aromatic heterocycles. The second-order valence-electron chi connectivity index (χ2n) is 5.97. The number of thioether (sulfide) groups is 1. The van der Waals surface area contributed by atoms with Gasteiger partial charge in [-0.3, -0.25) is 4.79 Å². The van der Waals surface area contributed by atoms with E-state index in [-0.39, 0.29) is 11.6 Å². The number of fused-ring (bicyclic) bond motifs is 1. The first-order chi connectivity index (χ1) is 12.6. The van der Waals surface area contributed by atoms with Crippen LogP contribution in [0, 0.1) is 13.8 Å². The number of alkyl halides is 3. The van der Waals surface area contributed by atoms with E-state index in [1.807, 2.05) is 19.9 Å². The summed E-state index contributed by atoms with van der Waals surface area (Å²) in [5.41, 5.74) is 1.21. The lowest BCUT2D eigenvalue weighted by molar-refractivity contribution is -0.137. The first-order valence-corrected chi connectivity index (χ1v) is 8.87. The number of benzene rings is 1. The molecule has 0 saturated heterocycles. The number of nitrogens with zero attached hydrogens (tertiary/aromatic N) is 4. The summed E-state index contributed by atoms with van der Waals surface area (Å²) in [7, 11) is 0. The van der Waals surface area contributed by atoms with Gasteiger partial charge in [-0.25, -0.2) is 9.50 Å². The Hall–Kier alpha value is -2.62. The smallest absolute Gasteiger partial charge is 0.325 e. The zero-order chi connectivity index (χ0) is 19.8. The molecule has 0 fully saturated rings. The van der Waals surface area contributed by atoms with Crippen LogP contribution in [-0.2, 0) is 11.0 Å². The second kappa shape index (κ2) is 7.18. The summed E-state index contributed by atoms with van der Waals surface area (Å²) in [6.07, 6.45) is -4.41. The summed E-state index contributed by atoms with van der Waals surface area (Å²) >= 11 is 1.14. The molecule has 1 N–H and O–H groups in total. The Balaban J connectivity index is 1.68. The molecule has 1 aromatic carbocycles. The highest BCUT2D eigenvalue weighted by Gasteiger charge is 2.30. The van der Waals surface area contributed by atoms with Crippen molar-refractivity contribution >= 4 is 29.1 Å². The van der Waals surface area contributed by atoms with Gasteiger partial charge in [0.05, 0.1) is 10.8 Å². The van der Waals surface area contributed by atoms with Crippen LogP contribution in [0.2, 0.25) is 0 Å². The molecular weight excluding hydrogens is 379 g/mol. The van der Waals surface area contributed by atoms with Crippen molar-refractivity contribution in [2.75, 3.05) is 5.32 Å². The van der Waals surface area contributed by atoms with Gasteiger partial charge in [0.25, 0.3) is 5.78 Å². The lowest BCUT2D eigenvalue weighted by atomic mass is 10.2. The minimum atomic E-state index is -4.41. The van der Waals surface area contributed by atoms with E-state index in [1.165, 1.54) is 12.1 Å². The zero-order valence-corrected chi connectivity index (χ0v) is 15.5. The van der Waals surface area contributed by atoms with Crippen molar-refractivity contribution in [3.63, 3.8) is 0 Å². The highest BCUT2D eigenvalue weighted by atomic mass is 32.2. The van der Waals surface area contributed by atoms with Gasteiger partial charge in [0.2, 0.25) is 11.1 Å². The standard InChI is InChI=1S/C17H16F3N5OS/c1-9-8-10(2)25-15(21-9)23-16(24-25)27-11(3)14(26)22-13-6-4-12(5-7-13)17(18,19)20/h4-8,11H,1-3H3,(H,22,26)/t11-/m0/s1. The number of carbonyl (C=O) groups is 1. The maximum Gasteiger partial charge on any atom is 0.416 e. The molecule has 27 heavy (non-hydrogen) atoms. The molecule has 2 heterocycles. The average Bonchev–Trinajstić information content (AvgIpc) is 2.97. The van der Waals surface area contributed by atoms with Crippen LogP contribution in [0.4, 0.5) is 18.9 Å². The topological polar surface area (TPSA) is 72.2 Å². The molecule has 142 valence electrons. The van der Waals surface area contributed by atoms with Crippen LogP contribution in [0.5, 0.6) is 0 Å². The summed E-state index contributed by atoms with van der Waals surface area (Å²) in [5, 5.41) is 6.76. The molecule has 0 radical (unpaired) electrons. The van der Waals surface area contributed by atoms with E-state index in [9.17, 15) is 18.0 Å². The van der Waals surface area contributed by atoms with Crippen molar-refractivity contribution in [3.8, 4) is 0 Å². The molecule has 1 amide bonds. The Bertz CT molecular complexity index is 985. The van der Waals surface area contributed by atoms with E-state index < -0.39 is 17.0 Å². The largest absolute Gasteiger partial charge is 0.416 e. The third-order valence-corrected chi connectivity index (χ3v) is 4.68. The molecule has 0 aliphatic heterocycles. The minimum Gasteiger partial charge on any atom is -0.325 e. The number of aromatic nitrogens is 4. The van der Waals surface area contributed by atoms with Crippen molar-refractivity contribution in [2.24, 2.45) is 0 Å². The van der Waals surface area contributed by atoms with Crippen LogP contribution in [0.1, 0.15) is 23.9 Å². The molecule has 3 aromatic rings. The summed E-state index contributed by atoms with van der Waals surface area (Å²) in [6.45, 7) is 5.40. The van der Waals surface area contributed by atoms with E-state index >= 15 is 0 Å². The number of carbonyl (C=O) groups excluding carboxylic acids is 1. The van der Waals surface area contributed by atoms with Crippen LogP contribution in [0.25, 0.3) is 5.78 Å². The lowest BCUT2D eigenvalue weighted by Gasteiger charge is -2.11. The summed E-state index contributed by atoms with van der Waals surface area (Å²) in [4.78, 5) is 20.9. The summed E-state index contributed by atoms with van der Waals surface area (Å²) in [6, 6.07) is 6.16. The van der Waals surface area contributed by atoms with Gasteiger partial charge >= 0.3 is 6.18 Å². The third-order valence-electron chi connectivity index (χ3n) is 3.73. The monoisotopic (exact) mass is 395 g/mol. The van der Waals surface area contributed by atoms with Crippen molar-refractivity contribution < 1.29 is 18.0 Å². The molecule has 0 unspecified atom stereocenters. The predicted molar refractivity (Wildman–Crippen MR) is 95.6 cm³/mol. The van der Waals surface area contributed by atoms with Crippen LogP contribution in [0.15, 0.2) is 35.5 Å². The maximum atomic E-state index is 12.6. The molecule has 1 atom stereocenters. The summed E-state index contributed by atoms with van der Waals surface area (Å²) < 4.78 is 39.3. The van der Waals surface area contributed by atoms with Crippen LogP contribution >= 0.6 is 11.8 Å². The van der Waals surface area contributed by atoms with E-state index in [4.69, 9.17) is 0 Å². The fourth-order valence-corrected chi connectivity index (χ4v) is 3.14. The van der Waals surface area contributed by atoms with E-state index in [2.05, 4.69) is 20.4 Å². The Kier molecular flexibility index (Phi) is 5.09. The summed E-state index contributed by atoms with van der Waals surface area (Å²) in [5.74, 6) is 0.0878. The quantitative estimate of drug-likeness (QED) is 0.679. The third kappa shape index (κ3) is 4.38. The van der Waals surface area contributed by atoms with Gasteiger partial charge in [0.15, 0.2) is 0 Å². The number of anilines is 1.